The highest BCUT2D eigenvalue weighted by molar-refractivity contribution is 5.77. The Hall–Kier alpha value is -3.14. The first kappa shape index (κ1) is 19.6. The van der Waals surface area contributed by atoms with Crippen molar-refractivity contribution in [1.29, 1.82) is 5.26 Å². The number of anilines is 3. The second-order valence-electron chi connectivity index (χ2n) is 7.00. The molecule has 0 unspecified atom stereocenters. The maximum absolute atomic E-state index is 11.3. The molecule has 1 aromatic heterocycles. The molecule has 1 saturated heterocycles. The number of amides is 1. The molecule has 0 atom stereocenters. The van der Waals surface area contributed by atoms with Gasteiger partial charge in [0.2, 0.25) is 5.91 Å². The summed E-state index contributed by atoms with van der Waals surface area (Å²) >= 11 is 0. The Morgan fingerprint density at radius 1 is 1.21 bits per heavy atom. The lowest BCUT2D eigenvalue weighted by atomic mass is 9.96. The number of primary amides is 1. The summed E-state index contributed by atoms with van der Waals surface area (Å²) in [6, 6.07) is 10.3. The van der Waals surface area contributed by atoms with Crippen LogP contribution in [0.25, 0.3) is 0 Å². The van der Waals surface area contributed by atoms with Crippen molar-refractivity contribution < 1.29 is 4.79 Å². The number of aromatic nitrogens is 2. The van der Waals surface area contributed by atoms with Gasteiger partial charge in [-0.1, -0.05) is 13.8 Å². The van der Waals surface area contributed by atoms with Crippen LogP contribution in [0.1, 0.15) is 43.5 Å². The third-order valence-corrected chi connectivity index (χ3v) is 5.35. The van der Waals surface area contributed by atoms with Gasteiger partial charge in [-0.2, -0.15) is 10.4 Å². The van der Waals surface area contributed by atoms with Crippen molar-refractivity contribution in [2.75, 3.05) is 23.3 Å². The number of piperidine rings is 1. The molecule has 2 heterocycles. The van der Waals surface area contributed by atoms with Gasteiger partial charge >= 0.3 is 0 Å². The van der Waals surface area contributed by atoms with Gasteiger partial charge in [0.15, 0.2) is 5.82 Å². The number of nitrogens with zero attached hydrogens (tertiary/aromatic N) is 4. The molecule has 7 nitrogen and oxygen atoms in total. The fraction of sp³-hybridized carbons (Fsp3) is 0.429. The van der Waals surface area contributed by atoms with Crippen molar-refractivity contribution in [2.45, 2.75) is 39.5 Å². The predicted octanol–water partition coefficient (Wildman–Crippen LogP) is 2.92. The van der Waals surface area contributed by atoms with E-state index in [2.05, 4.69) is 26.5 Å². The van der Waals surface area contributed by atoms with Crippen molar-refractivity contribution >= 4 is 23.1 Å². The minimum Gasteiger partial charge on any atom is -0.371 e. The minimum absolute atomic E-state index is 0.0148. The third kappa shape index (κ3) is 4.06. The highest BCUT2D eigenvalue weighted by atomic mass is 16.1. The smallest absolute Gasteiger partial charge is 0.220 e. The summed E-state index contributed by atoms with van der Waals surface area (Å²) < 4.78 is 0. The molecule has 7 heteroatoms. The lowest BCUT2D eigenvalue weighted by molar-refractivity contribution is -0.122. The van der Waals surface area contributed by atoms with Crippen molar-refractivity contribution in [2.24, 2.45) is 11.7 Å². The van der Waals surface area contributed by atoms with E-state index < -0.39 is 0 Å². The molecule has 3 rings (SSSR count). The summed E-state index contributed by atoms with van der Waals surface area (Å²) in [4.78, 5) is 13.6. The maximum atomic E-state index is 11.3. The average molecular weight is 378 g/mol. The molecular weight excluding hydrogens is 352 g/mol. The Balaban J connectivity index is 1.73. The van der Waals surface area contributed by atoms with Crippen molar-refractivity contribution in [3.63, 3.8) is 0 Å². The molecule has 1 aliphatic rings. The third-order valence-electron chi connectivity index (χ3n) is 5.35. The van der Waals surface area contributed by atoms with E-state index in [0.29, 0.717) is 11.4 Å². The highest BCUT2D eigenvalue weighted by Crippen LogP contribution is 2.27. The zero-order valence-electron chi connectivity index (χ0n) is 16.4. The Bertz CT molecular complexity index is 879. The van der Waals surface area contributed by atoms with Gasteiger partial charge < -0.3 is 16.0 Å². The number of aryl methyl sites for hydroxylation is 1. The molecule has 1 fully saturated rings. The number of carbonyl (C=O) groups is 1. The number of nitrogens with one attached hydrogen (secondary N) is 1. The van der Waals surface area contributed by atoms with E-state index in [0.717, 1.165) is 61.4 Å². The normalized spacial score (nSPS) is 14.5. The first-order chi connectivity index (χ1) is 13.6. The number of benzene rings is 1. The standard InChI is InChI=1S/C21H26N6O/c1-3-17-18(13-22)21(26-25-19(17)4-2)24-15-5-7-16(8-6-15)27-11-9-14(10-12-27)20(23)28/h5-8,14H,3-4,9-12H2,1-2H3,(H2,23,28)(H,24,26). The van der Waals surface area contributed by atoms with Crippen molar-refractivity contribution in [1.82, 2.24) is 10.2 Å². The van der Waals surface area contributed by atoms with Crippen LogP contribution in [-0.4, -0.2) is 29.2 Å². The first-order valence-electron chi connectivity index (χ1n) is 9.77. The van der Waals surface area contributed by atoms with Crippen LogP contribution in [0.4, 0.5) is 17.2 Å². The van der Waals surface area contributed by atoms with Crippen LogP contribution in [0, 0.1) is 17.2 Å². The molecule has 0 bridgehead atoms. The zero-order valence-corrected chi connectivity index (χ0v) is 16.4. The number of hydrogen-bond acceptors (Lipinski definition) is 6. The van der Waals surface area contributed by atoms with Crippen molar-refractivity contribution in [3.05, 3.63) is 41.1 Å². The second-order valence-corrected chi connectivity index (χ2v) is 7.00. The molecule has 1 aromatic carbocycles. The lowest BCUT2D eigenvalue weighted by Gasteiger charge is -2.32. The number of nitriles is 1. The molecule has 146 valence electrons. The van der Waals surface area contributed by atoms with Crippen LogP contribution in [-0.2, 0) is 17.6 Å². The lowest BCUT2D eigenvalue weighted by Crippen LogP contribution is -2.38. The molecule has 0 aliphatic carbocycles. The van der Waals surface area contributed by atoms with Crippen LogP contribution >= 0.6 is 0 Å². The van der Waals surface area contributed by atoms with Crippen LogP contribution in [0.15, 0.2) is 24.3 Å². The van der Waals surface area contributed by atoms with Gasteiger partial charge in [-0.25, -0.2) is 0 Å². The highest BCUT2D eigenvalue weighted by Gasteiger charge is 2.23. The quantitative estimate of drug-likeness (QED) is 0.800. The maximum Gasteiger partial charge on any atom is 0.220 e. The molecule has 1 aliphatic heterocycles. The van der Waals surface area contributed by atoms with Crippen LogP contribution < -0.4 is 16.0 Å². The number of rotatable bonds is 6. The summed E-state index contributed by atoms with van der Waals surface area (Å²) in [6.45, 7) is 5.69. The molecule has 0 spiro atoms. The number of nitrogens with two attached hydrogens (primary N) is 1. The van der Waals surface area contributed by atoms with Crippen LogP contribution in [0.2, 0.25) is 0 Å². The fourth-order valence-corrected chi connectivity index (χ4v) is 3.70. The van der Waals surface area contributed by atoms with E-state index >= 15 is 0 Å². The molecule has 28 heavy (non-hydrogen) atoms. The molecule has 0 radical (unpaired) electrons. The Morgan fingerprint density at radius 2 is 1.89 bits per heavy atom. The zero-order chi connectivity index (χ0) is 20.1. The minimum atomic E-state index is -0.200. The van der Waals surface area contributed by atoms with E-state index in [-0.39, 0.29) is 11.8 Å². The Morgan fingerprint density at radius 3 is 2.43 bits per heavy atom. The number of hydrogen-bond donors (Lipinski definition) is 2. The average Bonchev–Trinajstić information content (AvgIpc) is 2.73. The van der Waals surface area contributed by atoms with E-state index in [9.17, 15) is 10.1 Å². The van der Waals surface area contributed by atoms with Gasteiger partial charge in [-0.3, -0.25) is 4.79 Å². The Kier molecular flexibility index (Phi) is 6.09. The fourth-order valence-electron chi connectivity index (χ4n) is 3.70. The summed E-state index contributed by atoms with van der Waals surface area (Å²) in [5.74, 6) is 0.278. The summed E-state index contributed by atoms with van der Waals surface area (Å²) in [5, 5.41) is 21.3. The summed E-state index contributed by atoms with van der Waals surface area (Å²) in [6.07, 6.45) is 3.09. The van der Waals surface area contributed by atoms with Gasteiger partial charge in [0.25, 0.3) is 0 Å². The summed E-state index contributed by atoms with van der Waals surface area (Å²) in [5.41, 5.74) is 9.76. The van der Waals surface area contributed by atoms with E-state index in [1.165, 1.54) is 0 Å². The molecule has 3 N–H and O–H groups in total. The molecule has 2 aromatic rings. The topological polar surface area (TPSA) is 108 Å². The molecule has 1 amide bonds. The second kappa shape index (κ2) is 8.70. The van der Waals surface area contributed by atoms with E-state index in [1.807, 2.05) is 38.1 Å². The molecule has 0 saturated carbocycles. The van der Waals surface area contributed by atoms with E-state index in [1.54, 1.807) is 0 Å². The van der Waals surface area contributed by atoms with E-state index in [4.69, 9.17) is 5.73 Å². The summed E-state index contributed by atoms with van der Waals surface area (Å²) in [7, 11) is 0. The van der Waals surface area contributed by atoms with Crippen molar-refractivity contribution in [3.8, 4) is 6.07 Å². The van der Waals surface area contributed by atoms with Gasteiger partial charge in [0.05, 0.1) is 5.69 Å². The van der Waals surface area contributed by atoms with Crippen LogP contribution in [0.5, 0.6) is 0 Å². The largest absolute Gasteiger partial charge is 0.371 e. The molecular formula is C21H26N6O. The van der Waals surface area contributed by atoms with Gasteiger partial charge in [-0.15, -0.1) is 5.10 Å². The van der Waals surface area contributed by atoms with Gasteiger partial charge in [0, 0.05) is 30.4 Å². The number of carbonyl (C=O) groups excluding carboxylic acids is 1. The van der Waals surface area contributed by atoms with Gasteiger partial charge in [0.1, 0.15) is 11.6 Å². The Labute approximate surface area is 165 Å². The predicted molar refractivity (Wildman–Crippen MR) is 109 cm³/mol. The van der Waals surface area contributed by atoms with Crippen LogP contribution in [0.3, 0.4) is 0 Å². The van der Waals surface area contributed by atoms with Gasteiger partial charge in [-0.05, 0) is 55.5 Å². The first-order valence-corrected chi connectivity index (χ1v) is 9.77. The SMILES string of the molecule is CCc1nnc(Nc2ccc(N3CCC(C(N)=O)CC3)cc2)c(C#N)c1CC. The monoisotopic (exact) mass is 378 g/mol.